The molecule has 1 fully saturated rings. The zero-order valence-corrected chi connectivity index (χ0v) is 11.2. The van der Waals surface area contributed by atoms with Crippen molar-refractivity contribution >= 4 is 26.0 Å². The van der Waals surface area contributed by atoms with Crippen molar-refractivity contribution in [2.75, 3.05) is 18.4 Å². The van der Waals surface area contributed by atoms with Crippen molar-refractivity contribution in [1.29, 1.82) is 0 Å². The molecule has 5 nitrogen and oxygen atoms in total. The summed E-state index contributed by atoms with van der Waals surface area (Å²) in [6, 6.07) is 0. The topological polar surface area (TPSA) is 66.1 Å². The zero-order valence-electron chi connectivity index (χ0n) is 8.76. The summed E-state index contributed by atoms with van der Waals surface area (Å²) < 4.78 is 25.7. The number of halogens is 1. The fourth-order valence-electron chi connectivity index (χ4n) is 1.83. The largest absolute Gasteiger partial charge is 0.284 e. The lowest BCUT2D eigenvalue weighted by atomic mass is 10.0. The number of aromatic nitrogens is 2. The molecule has 2 rings (SSSR count). The minimum Gasteiger partial charge on any atom is -0.284 e. The maximum absolute atomic E-state index is 12.1. The lowest BCUT2D eigenvalue weighted by molar-refractivity contribution is 0.292. The van der Waals surface area contributed by atoms with Gasteiger partial charge in [-0.05, 0) is 18.8 Å². The molecule has 1 aromatic heterocycles. The van der Waals surface area contributed by atoms with E-state index in [0.717, 1.165) is 18.2 Å². The summed E-state index contributed by atoms with van der Waals surface area (Å²) in [5.41, 5.74) is 0. The van der Waals surface area contributed by atoms with Crippen molar-refractivity contribution in [1.82, 2.24) is 14.5 Å². The molecule has 0 unspecified atom stereocenters. The molecule has 16 heavy (non-hydrogen) atoms. The molecule has 1 saturated heterocycles. The van der Waals surface area contributed by atoms with E-state index >= 15 is 0 Å². The zero-order chi connectivity index (χ0) is 11.6. The van der Waals surface area contributed by atoms with E-state index < -0.39 is 10.0 Å². The first-order valence-electron chi connectivity index (χ1n) is 5.19. The highest BCUT2D eigenvalue weighted by Gasteiger charge is 2.29. The molecule has 2 heterocycles. The van der Waals surface area contributed by atoms with Gasteiger partial charge in [0.2, 0.25) is 10.0 Å². The van der Waals surface area contributed by atoms with Crippen molar-refractivity contribution in [2.24, 2.45) is 5.92 Å². The van der Waals surface area contributed by atoms with Gasteiger partial charge in [-0.1, -0.05) is 15.9 Å². The summed E-state index contributed by atoms with van der Waals surface area (Å²) in [6.07, 6.45) is 4.61. The van der Waals surface area contributed by atoms with Crippen LogP contribution in [-0.4, -0.2) is 41.3 Å². The Morgan fingerprint density at radius 2 is 2.19 bits per heavy atom. The van der Waals surface area contributed by atoms with Gasteiger partial charge < -0.3 is 0 Å². The second kappa shape index (κ2) is 4.85. The molecule has 0 amide bonds. The molecule has 0 aliphatic carbocycles. The molecule has 7 heteroatoms. The molecular weight excluding hydrogens is 294 g/mol. The normalized spacial score (nSPS) is 20.1. The number of nitrogens with zero attached hydrogens (tertiary/aromatic N) is 2. The summed E-state index contributed by atoms with van der Waals surface area (Å²) in [7, 11) is -3.33. The molecule has 0 saturated carbocycles. The Morgan fingerprint density at radius 1 is 1.50 bits per heavy atom. The number of H-pyrrole nitrogens is 1. The van der Waals surface area contributed by atoms with Crippen LogP contribution < -0.4 is 0 Å². The molecule has 0 spiro atoms. The molecule has 0 atom stereocenters. The molecule has 0 bridgehead atoms. The average molecular weight is 308 g/mol. The fourth-order valence-corrected chi connectivity index (χ4v) is 3.86. The van der Waals surface area contributed by atoms with Gasteiger partial charge in [0, 0.05) is 24.6 Å². The van der Waals surface area contributed by atoms with Crippen molar-refractivity contribution in [3.63, 3.8) is 0 Å². The Kier molecular flexibility index (Phi) is 3.66. The van der Waals surface area contributed by atoms with Crippen molar-refractivity contribution in [3.8, 4) is 0 Å². The average Bonchev–Trinajstić information content (AvgIpc) is 2.83. The minimum absolute atomic E-state index is 0.254. The van der Waals surface area contributed by atoms with Crippen molar-refractivity contribution in [2.45, 2.75) is 17.7 Å². The van der Waals surface area contributed by atoms with Crippen molar-refractivity contribution in [3.05, 3.63) is 12.4 Å². The fraction of sp³-hybridized carbons (Fsp3) is 0.667. The Labute approximate surface area is 103 Å². The number of piperidine rings is 1. The highest BCUT2D eigenvalue weighted by molar-refractivity contribution is 9.09. The number of rotatable bonds is 3. The van der Waals surface area contributed by atoms with E-state index in [1.54, 1.807) is 0 Å². The number of hydrogen-bond donors (Lipinski definition) is 1. The van der Waals surface area contributed by atoms with Crippen LogP contribution in [0.1, 0.15) is 12.8 Å². The van der Waals surface area contributed by atoms with Gasteiger partial charge in [0.05, 0.1) is 6.20 Å². The van der Waals surface area contributed by atoms with Crippen LogP contribution in [0, 0.1) is 5.92 Å². The first kappa shape index (κ1) is 12.1. The standard InChI is InChI=1S/C9H14BrN3O2S/c10-5-8-1-3-13(4-2-8)16(14,15)9-6-11-12-7-9/h6-8H,1-5H2,(H,11,12). The predicted molar refractivity (Wildman–Crippen MR) is 63.9 cm³/mol. The first-order chi connectivity index (χ1) is 7.64. The summed E-state index contributed by atoms with van der Waals surface area (Å²) in [6.45, 7) is 1.20. The summed E-state index contributed by atoms with van der Waals surface area (Å²) in [5, 5.41) is 7.16. The van der Waals surface area contributed by atoms with Crippen LogP contribution in [0.2, 0.25) is 0 Å². The molecule has 1 aromatic rings. The van der Waals surface area contributed by atoms with Gasteiger partial charge in [-0.25, -0.2) is 8.42 Å². The van der Waals surface area contributed by atoms with E-state index in [0.29, 0.717) is 19.0 Å². The number of aromatic amines is 1. The molecule has 1 aliphatic rings. The van der Waals surface area contributed by atoms with Crippen LogP contribution in [0.3, 0.4) is 0 Å². The Morgan fingerprint density at radius 3 is 2.69 bits per heavy atom. The molecular formula is C9H14BrN3O2S. The Balaban J connectivity index is 2.09. The Hall–Kier alpha value is -0.400. The van der Waals surface area contributed by atoms with Gasteiger partial charge in [-0.3, -0.25) is 5.10 Å². The van der Waals surface area contributed by atoms with Crippen LogP contribution in [0.15, 0.2) is 17.3 Å². The van der Waals surface area contributed by atoms with Crippen molar-refractivity contribution < 1.29 is 8.42 Å². The SMILES string of the molecule is O=S(=O)(c1cn[nH]c1)N1CCC(CBr)CC1. The van der Waals surface area contributed by atoms with E-state index in [9.17, 15) is 8.42 Å². The van der Waals surface area contributed by atoms with Crippen LogP contribution in [0.4, 0.5) is 0 Å². The lowest BCUT2D eigenvalue weighted by Gasteiger charge is -2.29. The van der Waals surface area contributed by atoms with E-state index in [1.807, 2.05) is 0 Å². The third kappa shape index (κ3) is 2.31. The van der Waals surface area contributed by atoms with Gasteiger partial charge in [-0.15, -0.1) is 0 Å². The van der Waals surface area contributed by atoms with Gasteiger partial charge >= 0.3 is 0 Å². The maximum Gasteiger partial charge on any atom is 0.246 e. The minimum atomic E-state index is -3.33. The van der Waals surface area contributed by atoms with E-state index in [1.165, 1.54) is 16.7 Å². The molecule has 90 valence electrons. The van der Waals surface area contributed by atoms with E-state index in [2.05, 4.69) is 26.1 Å². The summed E-state index contributed by atoms with van der Waals surface area (Å²) in [4.78, 5) is 0.254. The second-order valence-electron chi connectivity index (χ2n) is 3.94. The van der Waals surface area contributed by atoms with E-state index in [4.69, 9.17) is 0 Å². The quantitative estimate of drug-likeness (QED) is 0.854. The third-order valence-electron chi connectivity index (χ3n) is 2.90. The third-order valence-corrected chi connectivity index (χ3v) is 5.68. The summed E-state index contributed by atoms with van der Waals surface area (Å²) in [5.74, 6) is 0.593. The highest BCUT2D eigenvalue weighted by Crippen LogP contribution is 2.24. The lowest BCUT2D eigenvalue weighted by Crippen LogP contribution is -2.38. The van der Waals surface area contributed by atoms with Gasteiger partial charge in [-0.2, -0.15) is 9.40 Å². The van der Waals surface area contributed by atoms with Crippen LogP contribution in [0.5, 0.6) is 0 Å². The highest BCUT2D eigenvalue weighted by atomic mass is 79.9. The van der Waals surface area contributed by atoms with Crippen LogP contribution in [-0.2, 0) is 10.0 Å². The smallest absolute Gasteiger partial charge is 0.246 e. The van der Waals surface area contributed by atoms with Gasteiger partial charge in [0.15, 0.2) is 0 Å². The molecule has 1 aliphatic heterocycles. The maximum atomic E-state index is 12.1. The number of alkyl halides is 1. The molecule has 1 N–H and O–H groups in total. The second-order valence-corrected chi connectivity index (χ2v) is 6.52. The predicted octanol–water partition coefficient (Wildman–Crippen LogP) is 1.21. The van der Waals surface area contributed by atoms with Crippen LogP contribution >= 0.6 is 15.9 Å². The monoisotopic (exact) mass is 307 g/mol. The molecule has 0 aromatic carbocycles. The molecule has 0 radical (unpaired) electrons. The number of nitrogens with one attached hydrogen (secondary N) is 1. The summed E-state index contributed by atoms with van der Waals surface area (Å²) >= 11 is 3.44. The Bertz CT molecular complexity index is 424. The van der Waals surface area contributed by atoms with Crippen LogP contribution in [0.25, 0.3) is 0 Å². The van der Waals surface area contributed by atoms with Gasteiger partial charge in [0.1, 0.15) is 4.90 Å². The van der Waals surface area contributed by atoms with E-state index in [-0.39, 0.29) is 4.90 Å². The number of sulfonamides is 1. The van der Waals surface area contributed by atoms with Gasteiger partial charge in [0.25, 0.3) is 0 Å². The number of hydrogen-bond acceptors (Lipinski definition) is 3. The first-order valence-corrected chi connectivity index (χ1v) is 7.75.